The van der Waals surface area contributed by atoms with E-state index in [2.05, 4.69) is 9.72 Å². The number of hydrogen-bond acceptors (Lipinski definition) is 5. The zero-order valence-electron chi connectivity index (χ0n) is 8.84. The number of oxazole rings is 1. The second kappa shape index (κ2) is 4.32. The average molecular weight is 220 g/mol. The molecule has 0 bridgehead atoms. The number of para-hydroxylation sites is 2. The number of fused-ring (bicyclic) bond motifs is 1. The minimum absolute atomic E-state index is 0.237. The predicted octanol–water partition coefficient (Wildman–Crippen LogP) is 0.871. The van der Waals surface area contributed by atoms with Crippen LogP contribution in [0, 0.1) is 0 Å². The normalized spacial score (nSPS) is 12.6. The fourth-order valence-electron chi connectivity index (χ4n) is 1.43. The number of benzene rings is 1. The zero-order chi connectivity index (χ0) is 11.5. The molecule has 2 aromatic rings. The van der Waals surface area contributed by atoms with Crippen molar-refractivity contribution in [3.05, 3.63) is 30.2 Å². The largest absolute Gasteiger partial charge is 0.468 e. The first-order chi connectivity index (χ1) is 7.70. The van der Waals surface area contributed by atoms with Crippen molar-refractivity contribution in [3.8, 4) is 0 Å². The van der Waals surface area contributed by atoms with E-state index in [1.165, 1.54) is 7.11 Å². The van der Waals surface area contributed by atoms with Gasteiger partial charge in [0, 0.05) is 0 Å². The number of rotatable bonds is 3. The highest BCUT2D eigenvalue weighted by atomic mass is 16.5. The van der Waals surface area contributed by atoms with E-state index in [-0.39, 0.29) is 6.42 Å². The molecule has 0 amide bonds. The van der Waals surface area contributed by atoms with Gasteiger partial charge in [-0.05, 0) is 12.1 Å². The molecule has 5 heteroatoms. The van der Waals surface area contributed by atoms with E-state index in [0.717, 1.165) is 5.52 Å². The molecular weight excluding hydrogens is 208 g/mol. The van der Waals surface area contributed by atoms with E-state index in [0.29, 0.717) is 11.5 Å². The summed E-state index contributed by atoms with van der Waals surface area (Å²) in [6.07, 6.45) is 0.237. The van der Waals surface area contributed by atoms with Gasteiger partial charge in [0.15, 0.2) is 11.5 Å². The minimum Gasteiger partial charge on any atom is -0.468 e. The van der Waals surface area contributed by atoms with Crippen LogP contribution < -0.4 is 5.73 Å². The van der Waals surface area contributed by atoms with Gasteiger partial charge < -0.3 is 14.9 Å². The fourth-order valence-corrected chi connectivity index (χ4v) is 1.43. The van der Waals surface area contributed by atoms with Crippen LogP contribution in [0.25, 0.3) is 11.1 Å². The smallest absolute Gasteiger partial charge is 0.323 e. The van der Waals surface area contributed by atoms with Crippen molar-refractivity contribution in [1.82, 2.24) is 4.98 Å². The lowest BCUT2D eigenvalue weighted by Gasteiger charge is -2.05. The van der Waals surface area contributed by atoms with Gasteiger partial charge >= 0.3 is 5.97 Å². The molecule has 0 radical (unpaired) electrons. The first-order valence-electron chi connectivity index (χ1n) is 4.88. The standard InChI is InChI=1S/C11H12N2O3/c1-15-11(14)7(12)6-10-13-8-4-2-3-5-9(8)16-10/h2-5,7H,6,12H2,1H3/t7-/m0/s1. The maximum Gasteiger partial charge on any atom is 0.323 e. The van der Waals surface area contributed by atoms with E-state index >= 15 is 0 Å². The molecule has 0 aliphatic heterocycles. The predicted molar refractivity (Wildman–Crippen MR) is 57.7 cm³/mol. The van der Waals surface area contributed by atoms with Crippen LogP contribution in [-0.4, -0.2) is 24.1 Å². The number of aromatic nitrogens is 1. The zero-order valence-corrected chi connectivity index (χ0v) is 8.84. The summed E-state index contributed by atoms with van der Waals surface area (Å²) in [5, 5.41) is 0. The number of nitrogens with two attached hydrogens (primary N) is 1. The van der Waals surface area contributed by atoms with Gasteiger partial charge in [0.2, 0.25) is 0 Å². The summed E-state index contributed by atoms with van der Waals surface area (Å²) in [4.78, 5) is 15.3. The lowest BCUT2D eigenvalue weighted by molar-refractivity contribution is -0.142. The van der Waals surface area contributed by atoms with Crippen molar-refractivity contribution in [1.29, 1.82) is 0 Å². The summed E-state index contributed by atoms with van der Waals surface area (Å²) in [5.41, 5.74) is 7.06. The Morgan fingerprint density at radius 2 is 2.31 bits per heavy atom. The second-order valence-corrected chi connectivity index (χ2v) is 3.41. The molecule has 1 aromatic heterocycles. The number of ether oxygens (including phenoxy) is 1. The average Bonchev–Trinajstić information content (AvgIpc) is 2.69. The molecule has 0 aliphatic rings. The third-order valence-corrected chi connectivity index (χ3v) is 2.24. The highest BCUT2D eigenvalue weighted by molar-refractivity contribution is 5.76. The van der Waals surface area contributed by atoms with E-state index < -0.39 is 12.0 Å². The van der Waals surface area contributed by atoms with Crippen LogP contribution in [0.2, 0.25) is 0 Å². The molecular formula is C11H12N2O3. The molecule has 0 unspecified atom stereocenters. The third-order valence-electron chi connectivity index (χ3n) is 2.24. The lowest BCUT2D eigenvalue weighted by atomic mass is 10.2. The van der Waals surface area contributed by atoms with Crippen LogP contribution in [0.3, 0.4) is 0 Å². The Morgan fingerprint density at radius 3 is 3.00 bits per heavy atom. The number of hydrogen-bond donors (Lipinski definition) is 1. The van der Waals surface area contributed by atoms with Crippen molar-refractivity contribution in [2.45, 2.75) is 12.5 Å². The van der Waals surface area contributed by atoms with E-state index in [4.69, 9.17) is 10.2 Å². The molecule has 1 heterocycles. The van der Waals surface area contributed by atoms with Crippen LogP contribution in [0.4, 0.5) is 0 Å². The van der Waals surface area contributed by atoms with E-state index in [1.807, 2.05) is 24.3 Å². The van der Waals surface area contributed by atoms with E-state index in [1.54, 1.807) is 0 Å². The van der Waals surface area contributed by atoms with Gasteiger partial charge in [-0.1, -0.05) is 12.1 Å². The molecule has 16 heavy (non-hydrogen) atoms. The van der Waals surface area contributed by atoms with Crippen molar-refractivity contribution >= 4 is 17.1 Å². The van der Waals surface area contributed by atoms with Crippen molar-refractivity contribution < 1.29 is 13.9 Å². The Labute approximate surface area is 92.2 Å². The topological polar surface area (TPSA) is 78.4 Å². The van der Waals surface area contributed by atoms with Crippen molar-refractivity contribution in [3.63, 3.8) is 0 Å². The molecule has 0 aliphatic carbocycles. The molecule has 0 spiro atoms. The summed E-state index contributed by atoms with van der Waals surface area (Å²) in [5.74, 6) is -0.0265. The molecule has 84 valence electrons. The van der Waals surface area contributed by atoms with Crippen LogP contribution in [0.15, 0.2) is 28.7 Å². The van der Waals surface area contributed by atoms with Gasteiger partial charge in [-0.15, -0.1) is 0 Å². The highest BCUT2D eigenvalue weighted by Crippen LogP contribution is 2.15. The summed E-state index contributed by atoms with van der Waals surface area (Å²) in [6.45, 7) is 0. The summed E-state index contributed by atoms with van der Waals surface area (Å²) in [6, 6.07) is 6.64. The maximum absolute atomic E-state index is 11.1. The molecule has 0 saturated heterocycles. The highest BCUT2D eigenvalue weighted by Gasteiger charge is 2.17. The Balaban J connectivity index is 2.18. The SMILES string of the molecule is COC(=O)[C@@H](N)Cc1nc2ccccc2o1. The molecule has 1 aromatic carbocycles. The molecule has 5 nitrogen and oxygen atoms in total. The molecule has 2 N–H and O–H groups in total. The lowest BCUT2D eigenvalue weighted by Crippen LogP contribution is -2.33. The number of carbonyl (C=O) groups excluding carboxylic acids is 1. The molecule has 1 atom stereocenters. The first kappa shape index (κ1) is 10.6. The Morgan fingerprint density at radius 1 is 1.56 bits per heavy atom. The Kier molecular flexibility index (Phi) is 2.87. The van der Waals surface area contributed by atoms with E-state index in [9.17, 15) is 4.79 Å². The molecule has 2 rings (SSSR count). The first-order valence-corrected chi connectivity index (χ1v) is 4.88. The monoisotopic (exact) mass is 220 g/mol. The van der Waals surface area contributed by atoms with Crippen LogP contribution >= 0.6 is 0 Å². The molecule has 0 saturated carbocycles. The third kappa shape index (κ3) is 2.04. The summed E-state index contributed by atoms with van der Waals surface area (Å²) in [7, 11) is 1.30. The van der Waals surface area contributed by atoms with Gasteiger partial charge in [0.1, 0.15) is 11.6 Å². The van der Waals surface area contributed by atoms with Gasteiger partial charge in [-0.3, -0.25) is 4.79 Å². The maximum atomic E-state index is 11.1. The second-order valence-electron chi connectivity index (χ2n) is 3.41. The Hall–Kier alpha value is -1.88. The number of esters is 1. The number of carbonyl (C=O) groups is 1. The van der Waals surface area contributed by atoms with Crippen molar-refractivity contribution in [2.75, 3.05) is 7.11 Å². The minimum atomic E-state index is -0.738. The van der Waals surface area contributed by atoms with Gasteiger partial charge in [-0.2, -0.15) is 0 Å². The number of nitrogens with zero attached hydrogens (tertiary/aromatic N) is 1. The van der Waals surface area contributed by atoms with Crippen LogP contribution in [0.5, 0.6) is 0 Å². The fraction of sp³-hybridized carbons (Fsp3) is 0.273. The van der Waals surface area contributed by atoms with Crippen molar-refractivity contribution in [2.24, 2.45) is 5.73 Å². The van der Waals surface area contributed by atoms with Crippen LogP contribution in [-0.2, 0) is 16.0 Å². The quantitative estimate of drug-likeness (QED) is 0.776. The number of methoxy groups -OCH3 is 1. The molecule has 0 fully saturated rings. The summed E-state index contributed by atoms with van der Waals surface area (Å²) >= 11 is 0. The summed E-state index contributed by atoms with van der Waals surface area (Å²) < 4.78 is 9.96. The Bertz CT molecular complexity index is 474. The van der Waals surface area contributed by atoms with Gasteiger partial charge in [-0.25, -0.2) is 4.98 Å². The van der Waals surface area contributed by atoms with Crippen LogP contribution in [0.1, 0.15) is 5.89 Å². The van der Waals surface area contributed by atoms with Gasteiger partial charge in [0.05, 0.1) is 13.5 Å². The van der Waals surface area contributed by atoms with Gasteiger partial charge in [0.25, 0.3) is 0 Å².